The number of carbonyl (C=O) groups is 1. The van der Waals surface area contributed by atoms with E-state index in [0.29, 0.717) is 22.9 Å². The van der Waals surface area contributed by atoms with E-state index in [9.17, 15) is 9.59 Å². The number of methoxy groups -OCH3 is 2. The highest BCUT2D eigenvalue weighted by Gasteiger charge is 2.12. The standard InChI is InChI=1S/C20H23N5O4S/c1-12-19(30-13(2)22-12)16-7-8-18(26)25(24-16)10-9-21-20(27)23-15-6-5-14(28-3)11-17(15)29-4/h5-8,11H,9-10H2,1-4H3,(H2,21,23,27). The molecule has 0 saturated carbocycles. The van der Waals surface area contributed by atoms with Crippen LogP contribution in [-0.4, -0.2) is 41.6 Å². The monoisotopic (exact) mass is 429 g/mol. The molecule has 0 aliphatic heterocycles. The van der Waals surface area contributed by atoms with Crippen molar-refractivity contribution < 1.29 is 14.3 Å². The molecule has 1 aromatic carbocycles. The number of hydrogen-bond donors (Lipinski definition) is 2. The number of amides is 2. The Bertz CT molecular complexity index is 1110. The van der Waals surface area contributed by atoms with Gasteiger partial charge in [0.15, 0.2) is 0 Å². The summed E-state index contributed by atoms with van der Waals surface area (Å²) >= 11 is 1.53. The number of aryl methyl sites for hydroxylation is 2. The molecule has 0 bridgehead atoms. The summed E-state index contributed by atoms with van der Waals surface area (Å²) in [6.07, 6.45) is 0. The topological polar surface area (TPSA) is 107 Å². The van der Waals surface area contributed by atoms with Crippen LogP contribution in [0.2, 0.25) is 0 Å². The minimum Gasteiger partial charge on any atom is -0.497 e. The Morgan fingerprint density at radius 2 is 1.97 bits per heavy atom. The second-order valence-corrected chi connectivity index (χ2v) is 7.58. The quantitative estimate of drug-likeness (QED) is 0.598. The molecule has 2 N–H and O–H groups in total. The smallest absolute Gasteiger partial charge is 0.319 e. The summed E-state index contributed by atoms with van der Waals surface area (Å²) < 4.78 is 11.7. The third-order valence-electron chi connectivity index (χ3n) is 4.27. The molecule has 0 fully saturated rings. The van der Waals surface area contributed by atoms with Crippen molar-refractivity contribution in [2.24, 2.45) is 0 Å². The van der Waals surface area contributed by atoms with E-state index in [4.69, 9.17) is 9.47 Å². The van der Waals surface area contributed by atoms with Crippen LogP contribution in [0.3, 0.4) is 0 Å². The van der Waals surface area contributed by atoms with Crippen molar-refractivity contribution >= 4 is 23.1 Å². The first-order valence-corrected chi connectivity index (χ1v) is 10.0. The molecule has 9 nitrogen and oxygen atoms in total. The van der Waals surface area contributed by atoms with Crippen molar-refractivity contribution in [2.75, 3.05) is 26.1 Å². The summed E-state index contributed by atoms with van der Waals surface area (Å²) in [4.78, 5) is 29.7. The lowest BCUT2D eigenvalue weighted by Crippen LogP contribution is -2.34. The van der Waals surface area contributed by atoms with Crippen LogP contribution in [0.15, 0.2) is 35.1 Å². The summed E-state index contributed by atoms with van der Waals surface area (Å²) in [7, 11) is 3.06. The molecule has 2 amide bonds. The SMILES string of the molecule is COc1ccc(NC(=O)NCCn2nc(-c3sc(C)nc3C)ccc2=O)c(OC)c1. The van der Waals surface area contributed by atoms with Gasteiger partial charge in [-0.3, -0.25) is 4.79 Å². The molecule has 30 heavy (non-hydrogen) atoms. The van der Waals surface area contributed by atoms with Gasteiger partial charge in [-0.25, -0.2) is 14.5 Å². The first-order valence-electron chi connectivity index (χ1n) is 9.20. The lowest BCUT2D eigenvalue weighted by Gasteiger charge is -2.12. The van der Waals surface area contributed by atoms with Gasteiger partial charge in [-0.1, -0.05) is 0 Å². The summed E-state index contributed by atoms with van der Waals surface area (Å²) in [5.41, 5.74) is 1.83. The van der Waals surface area contributed by atoms with Crippen molar-refractivity contribution in [3.63, 3.8) is 0 Å². The highest BCUT2D eigenvalue weighted by molar-refractivity contribution is 7.15. The number of benzene rings is 1. The number of carbonyl (C=O) groups excluding carboxylic acids is 1. The number of thiazole rings is 1. The second kappa shape index (κ2) is 9.40. The molecule has 0 radical (unpaired) electrons. The predicted molar refractivity (Wildman–Crippen MR) is 116 cm³/mol. The normalized spacial score (nSPS) is 10.5. The third-order valence-corrected chi connectivity index (χ3v) is 5.36. The van der Waals surface area contributed by atoms with Crippen LogP contribution in [0.4, 0.5) is 10.5 Å². The van der Waals surface area contributed by atoms with Crippen molar-refractivity contribution in [2.45, 2.75) is 20.4 Å². The number of aromatic nitrogens is 3. The van der Waals surface area contributed by atoms with Crippen LogP contribution >= 0.6 is 11.3 Å². The number of ether oxygens (including phenoxy) is 2. The predicted octanol–water partition coefficient (Wildman–Crippen LogP) is 2.82. The van der Waals surface area contributed by atoms with Crippen LogP contribution in [0.1, 0.15) is 10.7 Å². The molecule has 2 aromatic heterocycles. The van der Waals surface area contributed by atoms with E-state index in [-0.39, 0.29) is 18.6 Å². The zero-order valence-corrected chi connectivity index (χ0v) is 18.0. The molecule has 3 aromatic rings. The lowest BCUT2D eigenvalue weighted by molar-refractivity contribution is 0.251. The Hall–Kier alpha value is -3.40. The lowest BCUT2D eigenvalue weighted by atomic mass is 10.2. The van der Waals surface area contributed by atoms with Crippen molar-refractivity contribution in [3.05, 3.63) is 51.4 Å². The fourth-order valence-corrected chi connectivity index (χ4v) is 3.73. The highest BCUT2D eigenvalue weighted by Crippen LogP contribution is 2.29. The van der Waals surface area contributed by atoms with E-state index in [0.717, 1.165) is 15.6 Å². The van der Waals surface area contributed by atoms with Crippen LogP contribution in [-0.2, 0) is 6.54 Å². The van der Waals surface area contributed by atoms with E-state index < -0.39 is 6.03 Å². The summed E-state index contributed by atoms with van der Waals surface area (Å²) in [5.74, 6) is 1.10. The highest BCUT2D eigenvalue weighted by atomic mass is 32.1. The van der Waals surface area contributed by atoms with Crippen molar-refractivity contribution in [3.8, 4) is 22.1 Å². The van der Waals surface area contributed by atoms with Gasteiger partial charge in [-0.2, -0.15) is 5.10 Å². The van der Waals surface area contributed by atoms with Crippen LogP contribution < -0.4 is 25.7 Å². The number of nitrogens with zero attached hydrogens (tertiary/aromatic N) is 3. The fourth-order valence-electron chi connectivity index (χ4n) is 2.84. The number of hydrogen-bond acceptors (Lipinski definition) is 7. The first kappa shape index (κ1) is 21.3. The van der Waals surface area contributed by atoms with Crippen molar-refractivity contribution in [1.82, 2.24) is 20.1 Å². The van der Waals surface area contributed by atoms with Gasteiger partial charge < -0.3 is 20.1 Å². The van der Waals surface area contributed by atoms with Gasteiger partial charge in [0, 0.05) is 18.7 Å². The van der Waals surface area contributed by atoms with E-state index in [2.05, 4.69) is 20.7 Å². The van der Waals surface area contributed by atoms with Gasteiger partial charge in [0.05, 0.1) is 42.0 Å². The molecule has 0 saturated heterocycles. The molecular formula is C20H23N5O4S. The van der Waals surface area contributed by atoms with Gasteiger partial charge in [-0.15, -0.1) is 11.3 Å². The van der Waals surface area contributed by atoms with Gasteiger partial charge in [0.25, 0.3) is 5.56 Å². The average molecular weight is 430 g/mol. The van der Waals surface area contributed by atoms with Gasteiger partial charge >= 0.3 is 6.03 Å². The van der Waals surface area contributed by atoms with Crippen LogP contribution in [0, 0.1) is 13.8 Å². The molecule has 10 heteroatoms. The maximum absolute atomic E-state index is 12.2. The summed E-state index contributed by atoms with van der Waals surface area (Å²) in [6, 6.07) is 7.82. The molecule has 0 spiro atoms. The minimum absolute atomic E-state index is 0.224. The van der Waals surface area contributed by atoms with Crippen LogP contribution in [0.25, 0.3) is 10.6 Å². The molecule has 0 aliphatic rings. The largest absolute Gasteiger partial charge is 0.497 e. The van der Waals surface area contributed by atoms with Gasteiger partial charge in [0.2, 0.25) is 0 Å². The Kier molecular flexibility index (Phi) is 6.68. The minimum atomic E-state index is -0.420. The fraction of sp³-hybridized carbons (Fsp3) is 0.300. The number of anilines is 1. The second-order valence-electron chi connectivity index (χ2n) is 6.37. The maximum Gasteiger partial charge on any atom is 0.319 e. The molecule has 158 valence electrons. The molecule has 0 unspecified atom stereocenters. The van der Waals surface area contributed by atoms with E-state index in [1.165, 1.54) is 29.2 Å². The Morgan fingerprint density at radius 3 is 2.63 bits per heavy atom. The molecule has 2 heterocycles. The Morgan fingerprint density at radius 1 is 1.17 bits per heavy atom. The van der Waals surface area contributed by atoms with Crippen molar-refractivity contribution in [1.29, 1.82) is 0 Å². The number of nitrogens with one attached hydrogen (secondary N) is 2. The zero-order chi connectivity index (χ0) is 21.7. The van der Waals surface area contributed by atoms with E-state index >= 15 is 0 Å². The van der Waals surface area contributed by atoms with Crippen LogP contribution in [0.5, 0.6) is 11.5 Å². The van der Waals surface area contributed by atoms with E-state index in [1.54, 1.807) is 31.4 Å². The summed E-state index contributed by atoms with van der Waals surface area (Å²) in [5, 5.41) is 10.8. The number of urea groups is 1. The van der Waals surface area contributed by atoms with E-state index in [1.807, 2.05) is 13.8 Å². The van der Waals surface area contributed by atoms with Gasteiger partial charge in [0.1, 0.15) is 17.2 Å². The maximum atomic E-state index is 12.2. The molecule has 0 atom stereocenters. The molecule has 0 aliphatic carbocycles. The Labute approximate surface area is 177 Å². The molecule has 3 rings (SSSR count). The zero-order valence-electron chi connectivity index (χ0n) is 17.2. The first-order chi connectivity index (χ1) is 14.4. The average Bonchev–Trinajstić information content (AvgIpc) is 3.07. The number of rotatable bonds is 7. The summed E-state index contributed by atoms with van der Waals surface area (Å²) in [6.45, 7) is 4.30. The molecular weight excluding hydrogens is 406 g/mol. The third kappa shape index (κ3) is 4.95. The Balaban J connectivity index is 1.62. The van der Waals surface area contributed by atoms with Gasteiger partial charge in [-0.05, 0) is 32.0 Å².